The van der Waals surface area contributed by atoms with Crippen molar-refractivity contribution in [2.45, 2.75) is 25.3 Å². The van der Waals surface area contributed by atoms with Gasteiger partial charge in [0.2, 0.25) is 0 Å². The predicted molar refractivity (Wildman–Crippen MR) is 43.7 cm³/mol. The fourth-order valence-electron chi connectivity index (χ4n) is 1.87. The second-order valence-electron chi connectivity index (χ2n) is 3.54. The first kappa shape index (κ1) is 5.58. The molecule has 2 heterocycles. The fourth-order valence-corrected chi connectivity index (χ4v) is 1.87. The molecule has 0 bridgehead atoms. The van der Waals surface area contributed by atoms with Gasteiger partial charge in [0.05, 0.1) is 0 Å². The molecule has 2 atom stereocenters. The number of rotatable bonds is 0. The van der Waals surface area contributed by atoms with Crippen molar-refractivity contribution in [3.05, 3.63) is 23.4 Å². The first-order valence-electron chi connectivity index (χ1n) is 4.08. The number of fused-ring (bicyclic) bond motifs is 3. The normalized spacial score (nSPS) is 30.6. The summed E-state index contributed by atoms with van der Waals surface area (Å²) < 4.78 is 0. The van der Waals surface area contributed by atoms with Crippen molar-refractivity contribution in [3.8, 4) is 0 Å². The molecular formula is C9H10N2. The zero-order chi connectivity index (χ0) is 7.42. The van der Waals surface area contributed by atoms with Crippen LogP contribution >= 0.6 is 0 Å². The molecule has 1 aromatic heterocycles. The monoisotopic (exact) mass is 146 g/mol. The van der Waals surface area contributed by atoms with E-state index in [4.69, 9.17) is 0 Å². The molecule has 11 heavy (non-hydrogen) atoms. The largest absolute Gasteiger partial charge is 0.366 e. The van der Waals surface area contributed by atoms with Gasteiger partial charge in [0, 0.05) is 18.2 Å². The summed E-state index contributed by atoms with van der Waals surface area (Å²) >= 11 is 0. The van der Waals surface area contributed by atoms with Gasteiger partial charge in [-0.1, -0.05) is 6.07 Å². The molecule has 1 N–H and O–H groups in total. The first-order valence-corrected chi connectivity index (χ1v) is 4.08. The van der Waals surface area contributed by atoms with Gasteiger partial charge in [-0.25, -0.2) is 4.98 Å². The molecule has 1 unspecified atom stereocenters. The Morgan fingerprint density at radius 3 is 3.45 bits per heavy atom. The van der Waals surface area contributed by atoms with E-state index in [9.17, 15) is 0 Å². The van der Waals surface area contributed by atoms with Gasteiger partial charge in [-0.15, -0.1) is 0 Å². The summed E-state index contributed by atoms with van der Waals surface area (Å²) in [7, 11) is 0. The Morgan fingerprint density at radius 1 is 1.64 bits per heavy atom. The van der Waals surface area contributed by atoms with Crippen LogP contribution in [0.2, 0.25) is 0 Å². The zero-order valence-electron chi connectivity index (χ0n) is 6.46. The molecule has 0 radical (unpaired) electrons. The van der Waals surface area contributed by atoms with Crippen LogP contribution < -0.4 is 5.32 Å². The van der Waals surface area contributed by atoms with Crippen LogP contribution in [0, 0.1) is 6.92 Å². The van der Waals surface area contributed by atoms with Crippen LogP contribution in [0.25, 0.3) is 0 Å². The lowest BCUT2D eigenvalue weighted by Gasteiger charge is -2.02. The van der Waals surface area contributed by atoms with E-state index in [0.717, 1.165) is 17.8 Å². The summed E-state index contributed by atoms with van der Waals surface area (Å²) in [6.45, 7) is 2.10. The molecule has 0 aromatic carbocycles. The second kappa shape index (κ2) is 1.58. The lowest BCUT2D eigenvalue weighted by Crippen LogP contribution is -1.98. The minimum Gasteiger partial charge on any atom is -0.366 e. The van der Waals surface area contributed by atoms with Crippen molar-refractivity contribution >= 4 is 5.82 Å². The van der Waals surface area contributed by atoms with Gasteiger partial charge in [-0.3, -0.25) is 0 Å². The van der Waals surface area contributed by atoms with Gasteiger partial charge in [-0.2, -0.15) is 0 Å². The van der Waals surface area contributed by atoms with E-state index in [0.29, 0.717) is 0 Å². The minimum atomic E-state index is 0.722. The standard InChI is InChI=1S/C9H10N2/c1-5-2-7-6-3-8(6)11-9(7)10-4-5/h2,4,6,8H,3H2,1H3,(H,10,11)/t6?,8-/m0/s1. The number of nitrogens with one attached hydrogen (secondary N) is 1. The fraction of sp³-hybridized carbons (Fsp3) is 0.444. The smallest absolute Gasteiger partial charge is 0.129 e. The van der Waals surface area contributed by atoms with Crippen LogP contribution in [0.3, 0.4) is 0 Å². The van der Waals surface area contributed by atoms with Gasteiger partial charge in [0.25, 0.3) is 0 Å². The Labute approximate surface area is 65.6 Å². The lowest BCUT2D eigenvalue weighted by atomic mass is 10.1. The van der Waals surface area contributed by atoms with Crippen LogP contribution in [0.1, 0.15) is 23.5 Å². The molecule has 56 valence electrons. The topological polar surface area (TPSA) is 24.9 Å². The Hall–Kier alpha value is -1.05. The average Bonchev–Trinajstić information content (AvgIpc) is 2.67. The van der Waals surface area contributed by atoms with Crippen LogP contribution in [0.5, 0.6) is 0 Å². The number of nitrogens with zero attached hydrogens (tertiary/aromatic N) is 1. The van der Waals surface area contributed by atoms with Crippen molar-refractivity contribution < 1.29 is 0 Å². The molecule has 1 saturated carbocycles. The van der Waals surface area contributed by atoms with Gasteiger partial charge in [0.15, 0.2) is 0 Å². The third-order valence-electron chi connectivity index (χ3n) is 2.57. The highest BCUT2D eigenvalue weighted by molar-refractivity contribution is 5.59. The third-order valence-corrected chi connectivity index (χ3v) is 2.57. The summed E-state index contributed by atoms with van der Waals surface area (Å²) in [5.41, 5.74) is 2.72. The zero-order valence-corrected chi connectivity index (χ0v) is 6.46. The summed E-state index contributed by atoms with van der Waals surface area (Å²) in [6.07, 6.45) is 3.24. The average molecular weight is 146 g/mol. The van der Waals surface area contributed by atoms with E-state index < -0.39 is 0 Å². The van der Waals surface area contributed by atoms with E-state index >= 15 is 0 Å². The van der Waals surface area contributed by atoms with Crippen LogP contribution in [-0.2, 0) is 0 Å². The Morgan fingerprint density at radius 2 is 2.55 bits per heavy atom. The summed E-state index contributed by atoms with van der Waals surface area (Å²) in [5.74, 6) is 1.91. The highest BCUT2D eigenvalue weighted by Gasteiger charge is 2.45. The summed E-state index contributed by atoms with van der Waals surface area (Å²) in [4.78, 5) is 4.33. The maximum Gasteiger partial charge on any atom is 0.129 e. The minimum absolute atomic E-state index is 0.722. The van der Waals surface area contributed by atoms with Crippen LogP contribution in [0.15, 0.2) is 12.3 Å². The molecule has 0 spiro atoms. The molecule has 1 fully saturated rings. The van der Waals surface area contributed by atoms with E-state index in [1.54, 1.807) is 0 Å². The Kier molecular flexibility index (Phi) is 0.799. The first-order chi connectivity index (χ1) is 5.34. The highest BCUT2D eigenvalue weighted by Crippen LogP contribution is 2.50. The number of anilines is 1. The van der Waals surface area contributed by atoms with Gasteiger partial charge >= 0.3 is 0 Å². The molecule has 2 nitrogen and oxygen atoms in total. The molecule has 0 saturated heterocycles. The Balaban J connectivity index is 2.20. The molecular weight excluding hydrogens is 136 g/mol. The van der Waals surface area contributed by atoms with Crippen molar-refractivity contribution in [1.29, 1.82) is 0 Å². The number of pyridine rings is 1. The summed E-state index contributed by atoms with van der Waals surface area (Å²) in [6, 6.07) is 2.98. The predicted octanol–water partition coefficient (Wildman–Crippen LogP) is 1.67. The second-order valence-corrected chi connectivity index (χ2v) is 3.54. The Bertz CT molecular complexity index is 319. The SMILES string of the molecule is Cc1cnc2c(c1)C1C[C@@H]1N2. The van der Waals surface area contributed by atoms with Crippen LogP contribution in [-0.4, -0.2) is 11.0 Å². The van der Waals surface area contributed by atoms with E-state index in [1.165, 1.54) is 17.5 Å². The van der Waals surface area contributed by atoms with Crippen molar-refractivity contribution in [2.24, 2.45) is 0 Å². The quantitative estimate of drug-likeness (QED) is 0.602. The lowest BCUT2D eigenvalue weighted by molar-refractivity contribution is 1.13. The maximum absolute atomic E-state index is 4.33. The van der Waals surface area contributed by atoms with E-state index in [2.05, 4.69) is 23.3 Å². The molecule has 1 aliphatic carbocycles. The summed E-state index contributed by atoms with van der Waals surface area (Å²) in [5, 5.41) is 3.39. The third kappa shape index (κ3) is 0.642. The molecule has 1 aliphatic heterocycles. The van der Waals surface area contributed by atoms with Crippen molar-refractivity contribution in [1.82, 2.24) is 4.98 Å². The molecule has 2 aliphatic rings. The van der Waals surface area contributed by atoms with Gasteiger partial charge in [0.1, 0.15) is 5.82 Å². The van der Waals surface area contributed by atoms with Crippen LogP contribution in [0.4, 0.5) is 5.82 Å². The van der Waals surface area contributed by atoms with Crippen molar-refractivity contribution in [3.63, 3.8) is 0 Å². The number of hydrogen-bond donors (Lipinski definition) is 1. The highest BCUT2D eigenvalue weighted by atomic mass is 15.1. The molecule has 2 heteroatoms. The molecule has 0 amide bonds. The number of aromatic nitrogens is 1. The van der Waals surface area contributed by atoms with Gasteiger partial charge < -0.3 is 5.32 Å². The van der Waals surface area contributed by atoms with E-state index in [-0.39, 0.29) is 0 Å². The van der Waals surface area contributed by atoms with E-state index in [1.807, 2.05) is 6.20 Å². The number of aryl methyl sites for hydroxylation is 1. The van der Waals surface area contributed by atoms with Gasteiger partial charge in [-0.05, 0) is 24.5 Å². The molecule has 3 rings (SSSR count). The maximum atomic E-state index is 4.33. The molecule has 1 aromatic rings. The van der Waals surface area contributed by atoms with Crippen molar-refractivity contribution in [2.75, 3.05) is 5.32 Å². The number of hydrogen-bond acceptors (Lipinski definition) is 2.